The smallest absolute Gasteiger partial charge is 0.238 e. The minimum Gasteiger partial charge on any atom is -0.472 e. The molecule has 5 nitrogen and oxygen atoms in total. The van der Waals surface area contributed by atoms with Crippen LogP contribution < -0.4 is 11.6 Å². The predicted octanol–water partition coefficient (Wildman–Crippen LogP) is 3.45. The number of hydrazone groups is 1. The summed E-state index contributed by atoms with van der Waals surface area (Å²) in [6.45, 7) is 6.07. The van der Waals surface area contributed by atoms with Gasteiger partial charge in [0.2, 0.25) is 5.90 Å². The highest BCUT2D eigenvalue weighted by molar-refractivity contribution is 7.71. The summed E-state index contributed by atoms with van der Waals surface area (Å²) in [5, 5.41) is 3.56. The van der Waals surface area contributed by atoms with E-state index in [0.717, 1.165) is 22.4 Å². The molecule has 0 spiro atoms. The Morgan fingerprint density at radius 3 is 2.68 bits per heavy atom. The quantitative estimate of drug-likeness (QED) is 0.256. The summed E-state index contributed by atoms with van der Waals surface area (Å²) in [7, 11) is 0. The number of halogens is 1. The zero-order valence-electron chi connectivity index (χ0n) is 14.4. The number of nitrogens with zero attached hydrogens (tertiary/aromatic N) is 1. The molecule has 0 bridgehead atoms. The first-order chi connectivity index (χ1) is 11.8. The highest BCUT2D eigenvalue weighted by atomic mass is 32.1. The van der Waals surface area contributed by atoms with E-state index in [1.165, 1.54) is 12.1 Å². The summed E-state index contributed by atoms with van der Waals surface area (Å²) in [6, 6.07) is 5.84. The summed E-state index contributed by atoms with van der Waals surface area (Å²) in [6.07, 6.45) is 1.69. The van der Waals surface area contributed by atoms with Gasteiger partial charge in [-0.3, -0.25) is 0 Å². The van der Waals surface area contributed by atoms with Gasteiger partial charge in [-0.05, 0) is 56.2 Å². The van der Waals surface area contributed by atoms with E-state index in [-0.39, 0.29) is 12.5 Å². The molecule has 0 atom stereocenters. The van der Waals surface area contributed by atoms with Crippen molar-refractivity contribution >= 4 is 23.8 Å². The van der Waals surface area contributed by atoms with Gasteiger partial charge >= 0.3 is 0 Å². The number of aryl methyl sites for hydroxylation is 1. The molecular formula is C18H21FN4OS. The summed E-state index contributed by atoms with van der Waals surface area (Å²) >= 11 is 5.38. The van der Waals surface area contributed by atoms with Crippen molar-refractivity contribution in [1.82, 2.24) is 4.98 Å². The van der Waals surface area contributed by atoms with Crippen LogP contribution in [-0.2, 0) is 4.74 Å². The summed E-state index contributed by atoms with van der Waals surface area (Å²) in [5.74, 6) is 5.07. The molecule has 1 aromatic carbocycles. The standard InChI is InChI=1S/C18H21FN4OS/c1-10-11(2)16(18(25)22-12(10)3)15(20)7-8-24-17(23-21)13-5-4-6-14(19)9-13/h4-7,9H,8,20-21H2,1-3H3,(H,22,25)/b15-7-,23-17-. The highest BCUT2D eigenvalue weighted by Gasteiger charge is 2.10. The van der Waals surface area contributed by atoms with Crippen LogP contribution in [0.5, 0.6) is 0 Å². The number of nitrogens with two attached hydrogens (primary N) is 2. The molecule has 1 heterocycles. The Morgan fingerprint density at radius 2 is 2.04 bits per heavy atom. The lowest BCUT2D eigenvalue weighted by Gasteiger charge is -2.13. The number of benzene rings is 1. The van der Waals surface area contributed by atoms with Gasteiger partial charge in [0.25, 0.3) is 0 Å². The molecule has 7 heteroatoms. The van der Waals surface area contributed by atoms with Gasteiger partial charge in [0.1, 0.15) is 17.1 Å². The number of nitrogens with one attached hydrogen (secondary N) is 1. The summed E-state index contributed by atoms with van der Waals surface area (Å²) < 4.78 is 19.4. The molecule has 1 aromatic heterocycles. The minimum absolute atomic E-state index is 0.125. The van der Waals surface area contributed by atoms with Crippen LogP contribution in [0.4, 0.5) is 4.39 Å². The fourth-order valence-electron chi connectivity index (χ4n) is 2.44. The Morgan fingerprint density at radius 1 is 1.32 bits per heavy atom. The molecule has 5 N–H and O–H groups in total. The van der Waals surface area contributed by atoms with Gasteiger partial charge in [0.05, 0.1) is 0 Å². The number of aromatic amines is 1. The van der Waals surface area contributed by atoms with Crippen LogP contribution in [-0.4, -0.2) is 17.5 Å². The number of rotatable bonds is 4. The van der Waals surface area contributed by atoms with Crippen molar-refractivity contribution in [2.24, 2.45) is 16.7 Å². The van der Waals surface area contributed by atoms with Gasteiger partial charge in [0, 0.05) is 22.5 Å². The molecule has 0 radical (unpaired) electrons. The second-order valence-electron chi connectivity index (χ2n) is 5.62. The van der Waals surface area contributed by atoms with Gasteiger partial charge in [-0.25, -0.2) is 4.39 Å². The molecule has 132 valence electrons. The van der Waals surface area contributed by atoms with E-state index in [1.807, 2.05) is 20.8 Å². The molecule has 0 saturated heterocycles. The molecule has 0 saturated carbocycles. The Hall–Kier alpha value is -2.67. The van der Waals surface area contributed by atoms with E-state index in [1.54, 1.807) is 18.2 Å². The molecule has 0 aliphatic carbocycles. The van der Waals surface area contributed by atoms with Crippen LogP contribution in [0.3, 0.4) is 0 Å². The maximum absolute atomic E-state index is 13.3. The number of ether oxygens (including phenoxy) is 1. The Bertz CT molecular complexity index is 902. The topological polar surface area (TPSA) is 89.4 Å². The third kappa shape index (κ3) is 4.24. The summed E-state index contributed by atoms with van der Waals surface area (Å²) in [5.41, 5.74) is 11.0. The van der Waals surface area contributed by atoms with Crippen molar-refractivity contribution in [3.63, 3.8) is 0 Å². The van der Waals surface area contributed by atoms with Crippen molar-refractivity contribution in [3.05, 3.63) is 68.7 Å². The van der Waals surface area contributed by atoms with Crippen molar-refractivity contribution in [2.75, 3.05) is 6.61 Å². The van der Waals surface area contributed by atoms with Gasteiger partial charge in [-0.15, -0.1) is 5.10 Å². The van der Waals surface area contributed by atoms with E-state index in [0.29, 0.717) is 15.9 Å². The van der Waals surface area contributed by atoms with Crippen LogP contribution in [0.15, 0.2) is 35.4 Å². The van der Waals surface area contributed by atoms with Crippen LogP contribution in [0, 0.1) is 31.2 Å². The Balaban J connectivity index is 2.20. The zero-order valence-corrected chi connectivity index (χ0v) is 15.2. The number of aromatic nitrogens is 1. The first kappa shape index (κ1) is 18.7. The Labute approximate surface area is 151 Å². The molecule has 0 unspecified atom stereocenters. The Kier molecular flexibility index (Phi) is 5.93. The molecule has 0 amide bonds. The molecule has 0 aliphatic heterocycles. The largest absolute Gasteiger partial charge is 0.472 e. The van der Waals surface area contributed by atoms with Crippen LogP contribution in [0.25, 0.3) is 5.70 Å². The first-order valence-corrected chi connectivity index (χ1v) is 8.08. The second-order valence-corrected chi connectivity index (χ2v) is 6.03. The fourth-order valence-corrected chi connectivity index (χ4v) is 2.87. The van der Waals surface area contributed by atoms with Gasteiger partial charge in [-0.2, -0.15) is 0 Å². The van der Waals surface area contributed by atoms with Gasteiger partial charge in [-0.1, -0.05) is 18.3 Å². The SMILES string of the molecule is Cc1[nH]c(=S)c(/C(N)=C/CO/C(=N\N)c2cccc(F)c2)c(C)c1C. The molecule has 0 aliphatic rings. The third-order valence-electron chi connectivity index (χ3n) is 4.03. The normalized spacial score (nSPS) is 12.3. The lowest BCUT2D eigenvalue weighted by atomic mass is 10.0. The highest BCUT2D eigenvalue weighted by Crippen LogP contribution is 2.21. The maximum atomic E-state index is 13.3. The number of hydrogen-bond donors (Lipinski definition) is 3. The molecule has 25 heavy (non-hydrogen) atoms. The number of pyridine rings is 1. The van der Waals surface area contributed by atoms with Crippen molar-refractivity contribution in [2.45, 2.75) is 20.8 Å². The van der Waals surface area contributed by atoms with E-state index in [4.69, 9.17) is 28.5 Å². The average molecular weight is 360 g/mol. The predicted molar refractivity (Wildman–Crippen MR) is 101 cm³/mol. The van der Waals surface area contributed by atoms with Crippen LogP contribution in [0.1, 0.15) is 27.9 Å². The second kappa shape index (κ2) is 7.94. The fraction of sp³-hybridized carbons (Fsp3) is 0.222. The zero-order chi connectivity index (χ0) is 18.6. The van der Waals surface area contributed by atoms with Gasteiger partial charge in [0.15, 0.2) is 0 Å². The van der Waals surface area contributed by atoms with E-state index in [9.17, 15) is 4.39 Å². The lowest BCUT2D eigenvalue weighted by molar-refractivity contribution is 0.350. The molecule has 0 fully saturated rings. The maximum Gasteiger partial charge on any atom is 0.238 e. The van der Waals surface area contributed by atoms with E-state index < -0.39 is 5.82 Å². The van der Waals surface area contributed by atoms with Crippen molar-refractivity contribution < 1.29 is 9.13 Å². The van der Waals surface area contributed by atoms with Crippen molar-refractivity contribution in [1.29, 1.82) is 0 Å². The average Bonchev–Trinajstić information content (AvgIpc) is 2.56. The van der Waals surface area contributed by atoms with Gasteiger partial charge < -0.3 is 21.3 Å². The molecular weight excluding hydrogens is 339 g/mol. The summed E-state index contributed by atoms with van der Waals surface area (Å²) in [4.78, 5) is 3.14. The minimum atomic E-state index is -0.394. The van der Waals surface area contributed by atoms with E-state index in [2.05, 4.69) is 10.1 Å². The monoisotopic (exact) mass is 360 g/mol. The number of hydrogen-bond acceptors (Lipinski definition) is 5. The molecule has 2 rings (SSSR count). The third-order valence-corrected chi connectivity index (χ3v) is 4.34. The van der Waals surface area contributed by atoms with E-state index >= 15 is 0 Å². The number of H-pyrrole nitrogens is 1. The van der Waals surface area contributed by atoms with Crippen LogP contribution in [0.2, 0.25) is 0 Å². The lowest BCUT2D eigenvalue weighted by Crippen LogP contribution is -2.11. The van der Waals surface area contributed by atoms with Crippen molar-refractivity contribution in [3.8, 4) is 0 Å². The van der Waals surface area contributed by atoms with Crippen LogP contribution >= 0.6 is 12.2 Å². The first-order valence-electron chi connectivity index (χ1n) is 7.67. The molecule has 2 aromatic rings.